The van der Waals surface area contributed by atoms with Gasteiger partial charge >= 0.3 is 0 Å². The van der Waals surface area contributed by atoms with Crippen molar-refractivity contribution < 1.29 is 0 Å². The molecule has 0 spiro atoms. The van der Waals surface area contributed by atoms with Gasteiger partial charge in [0.25, 0.3) is 0 Å². The summed E-state index contributed by atoms with van der Waals surface area (Å²) in [6, 6.07) is 15.4. The number of rotatable bonds is 27. The first-order valence-corrected chi connectivity index (χ1v) is 26.3. The molecule has 8 heterocycles. The third-order valence-corrected chi connectivity index (χ3v) is 13.5. The van der Waals surface area contributed by atoms with Crippen LogP contribution in [-0.2, 0) is 32.7 Å². The summed E-state index contributed by atoms with van der Waals surface area (Å²) >= 11 is 0. The summed E-state index contributed by atoms with van der Waals surface area (Å²) in [5.41, 5.74) is 4.61. The van der Waals surface area contributed by atoms with Gasteiger partial charge in [-0.1, -0.05) is 28.6 Å². The van der Waals surface area contributed by atoms with Crippen LogP contribution in [0.5, 0.6) is 0 Å². The predicted octanol–water partition coefficient (Wildman–Crippen LogP) is 3.23. The average Bonchev–Trinajstić information content (AvgIpc) is 4.29. The van der Waals surface area contributed by atoms with Crippen molar-refractivity contribution in [3.63, 3.8) is 0 Å². The minimum Gasteiger partial charge on any atom is -0.367 e. The Hall–Kier alpha value is -7.08. The number of hydrogen-bond acceptors (Lipinski definition) is 20. The van der Waals surface area contributed by atoms with Gasteiger partial charge in [0.15, 0.2) is 5.96 Å². The van der Waals surface area contributed by atoms with Crippen molar-refractivity contribution in [2.45, 2.75) is 102 Å². The number of hydrogen-bond donors (Lipinski definition) is 10. The summed E-state index contributed by atoms with van der Waals surface area (Å²) in [6.45, 7) is 12.7. The summed E-state index contributed by atoms with van der Waals surface area (Å²) < 4.78 is 5.91. The van der Waals surface area contributed by atoms with E-state index in [0.717, 1.165) is 186 Å². The lowest BCUT2D eigenvalue weighted by atomic mass is 10.0. The monoisotopic (exact) mass is 994 g/mol. The quantitative estimate of drug-likeness (QED) is 0.0332. The van der Waals surface area contributed by atoms with Gasteiger partial charge in [-0.15, -0.1) is 10.2 Å². The lowest BCUT2D eigenvalue weighted by Crippen LogP contribution is -2.36. The van der Waals surface area contributed by atoms with Crippen LogP contribution in [0, 0.1) is 0 Å². The zero-order valence-electron chi connectivity index (χ0n) is 41.7. The van der Waals surface area contributed by atoms with Crippen LogP contribution in [0.4, 0.5) is 23.5 Å². The first-order valence-electron chi connectivity index (χ1n) is 26.3. The van der Waals surface area contributed by atoms with Crippen molar-refractivity contribution in [2.75, 3.05) is 86.7 Å². The third-order valence-electron chi connectivity index (χ3n) is 13.5. The first-order chi connectivity index (χ1) is 36.1. The molecule has 23 nitrogen and oxygen atoms in total. The van der Waals surface area contributed by atoms with Gasteiger partial charge < -0.3 is 57.7 Å². The molecule has 3 aliphatic heterocycles. The van der Waals surface area contributed by atoms with Crippen molar-refractivity contribution in [2.24, 2.45) is 4.99 Å². The Kier molecular flexibility index (Phi) is 17.3. The van der Waals surface area contributed by atoms with Gasteiger partial charge in [0, 0.05) is 61.4 Å². The molecule has 0 radical (unpaired) electrons. The van der Waals surface area contributed by atoms with Crippen LogP contribution in [0.15, 0.2) is 78.6 Å². The van der Waals surface area contributed by atoms with Crippen LogP contribution >= 0.6 is 0 Å². The molecule has 3 aliphatic rings. The summed E-state index contributed by atoms with van der Waals surface area (Å²) in [6.07, 6.45) is 17.8. The molecule has 0 bridgehead atoms. The molecule has 0 amide bonds. The minimum atomic E-state index is 0.0455. The van der Waals surface area contributed by atoms with Gasteiger partial charge in [-0.25, -0.2) is 15.0 Å². The molecule has 5 aromatic heterocycles. The average molecular weight is 994 g/mol. The highest BCUT2D eigenvalue weighted by Crippen LogP contribution is 2.29. The Labute approximate surface area is 425 Å². The van der Waals surface area contributed by atoms with Crippen LogP contribution in [0.2, 0.25) is 0 Å². The van der Waals surface area contributed by atoms with Crippen molar-refractivity contribution >= 4 is 51.3 Å². The van der Waals surface area contributed by atoms with E-state index in [9.17, 15) is 0 Å². The number of aromatic nitrogens is 12. The highest BCUT2D eigenvalue weighted by Gasteiger charge is 2.22. The molecule has 1 atom stereocenters. The molecule has 0 saturated carbocycles. The number of guanidine groups is 1. The first kappa shape index (κ1) is 49.5. The standard InChI is InChI=1S/C50H71N23/c1-2-8-43-41(7-1)46(60-37-11-20-53-21-12-37)65-49(62-43)57-30-39-33-72(69-67-39)26-5-17-51-15-3-19-56-48-59-32-45(64-48)36-9-10-42-44(29-36)63-50(66-47(42)61-38-13-22-54-23-14-38)58-31-40-34-73(70-68-40)27-6-18-52-16-4-25-71-28-24-55-35-71/h1-2,7-10,24,28-29,33-35,37-38,45,51-54H,3-6,11-23,25-27,30-32H2,(H2,56,59,64)(H2,57,60,62,65)(H2,58,61,63,66). The minimum absolute atomic E-state index is 0.0455. The molecule has 23 heteroatoms. The van der Waals surface area contributed by atoms with Gasteiger partial charge in [0.1, 0.15) is 23.0 Å². The number of para-hydroxylation sites is 1. The molecule has 10 N–H and O–H groups in total. The van der Waals surface area contributed by atoms with Crippen molar-refractivity contribution in [1.82, 2.24) is 91.4 Å². The Morgan fingerprint density at radius 3 is 1.85 bits per heavy atom. The SMILES string of the molecule is c1ccc2c(NC3CCNCC3)nc(NCc3cn(CCCNCCCNC4=NCC(c5ccc6c(NC7CCNCC7)nc(NCc7cn(CCCNCCCn8ccnc8)nn7)nc6c5)N4)nn3)nc2c1. The zero-order chi connectivity index (χ0) is 49.3. The van der Waals surface area contributed by atoms with E-state index in [1.54, 1.807) is 0 Å². The molecule has 0 aliphatic carbocycles. The van der Waals surface area contributed by atoms with E-state index in [0.29, 0.717) is 43.6 Å². The zero-order valence-corrected chi connectivity index (χ0v) is 41.7. The van der Waals surface area contributed by atoms with E-state index in [1.165, 1.54) is 0 Å². The molecule has 73 heavy (non-hydrogen) atoms. The van der Waals surface area contributed by atoms with Gasteiger partial charge in [0.2, 0.25) is 11.9 Å². The Morgan fingerprint density at radius 1 is 0.603 bits per heavy atom. The maximum atomic E-state index is 5.01. The lowest BCUT2D eigenvalue weighted by molar-refractivity contribution is 0.478. The molecule has 2 saturated heterocycles. The van der Waals surface area contributed by atoms with E-state index in [2.05, 4.69) is 108 Å². The van der Waals surface area contributed by atoms with Crippen LogP contribution < -0.4 is 53.2 Å². The maximum absolute atomic E-state index is 5.01. The van der Waals surface area contributed by atoms with Crippen molar-refractivity contribution in [3.8, 4) is 0 Å². The summed E-state index contributed by atoms with van der Waals surface area (Å²) in [5, 5.41) is 54.9. The predicted molar refractivity (Wildman–Crippen MR) is 285 cm³/mol. The third kappa shape index (κ3) is 14.3. The second kappa shape index (κ2) is 25.5. The van der Waals surface area contributed by atoms with Gasteiger partial charge in [-0.3, -0.25) is 14.4 Å². The molecule has 1 unspecified atom stereocenters. The van der Waals surface area contributed by atoms with Crippen molar-refractivity contribution in [3.05, 3.63) is 90.5 Å². The number of imidazole rings is 1. The summed E-state index contributed by atoms with van der Waals surface area (Å²) in [5.74, 6) is 3.68. The lowest BCUT2D eigenvalue weighted by Gasteiger charge is -2.25. The highest BCUT2D eigenvalue weighted by atomic mass is 15.4. The molecular formula is C50H71N23. The number of benzene rings is 2. The molecule has 2 aromatic carbocycles. The van der Waals surface area contributed by atoms with Gasteiger partial charge in [0.05, 0.1) is 55.4 Å². The number of anilines is 4. The Balaban J connectivity index is 0.634. The Bertz CT molecular complexity index is 2810. The molecule has 7 aromatic rings. The Morgan fingerprint density at radius 2 is 1.21 bits per heavy atom. The normalized spacial score (nSPS) is 16.4. The number of nitrogens with zero attached hydrogens (tertiary/aromatic N) is 13. The van der Waals surface area contributed by atoms with Gasteiger partial charge in [-0.2, -0.15) is 9.97 Å². The summed E-state index contributed by atoms with van der Waals surface area (Å²) in [7, 11) is 0. The van der Waals surface area contributed by atoms with Crippen LogP contribution in [0.1, 0.15) is 74.4 Å². The van der Waals surface area contributed by atoms with Gasteiger partial charge in [-0.05, 0) is 134 Å². The number of aliphatic imine (C=N–C) groups is 1. The van der Waals surface area contributed by atoms with E-state index in [-0.39, 0.29) is 6.04 Å². The number of nitrogens with one attached hydrogen (secondary N) is 10. The van der Waals surface area contributed by atoms with Crippen LogP contribution in [0.25, 0.3) is 21.8 Å². The van der Waals surface area contributed by atoms with Crippen LogP contribution in [0.3, 0.4) is 0 Å². The number of aryl methyl sites for hydroxylation is 3. The van der Waals surface area contributed by atoms with Crippen LogP contribution in [-0.4, -0.2) is 143 Å². The van der Waals surface area contributed by atoms with E-state index in [4.69, 9.17) is 24.9 Å². The molecular weight excluding hydrogens is 923 g/mol. The van der Waals surface area contributed by atoms with E-state index >= 15 is 0 Å². The number of piperidine rings is 2. The largest absolute Gasteiger partial charge is 0.367 e. The molecule has 10 rings (SSSR count). The summed E-state index contributed by atoms with van der Waals surface area (Å²) in [4.78, 5) is 28.5. The van der Waals surface area contributed by atoms with E-state index in [1.807, 2.05) is 58.7 Å². The van der Waals surface area contributed by atoms with Crippen molar-refractivity contribution in [1.29, 1.82) is 0 Å². The topological polar surface area (TPSA) is 263 Å². The van der Waals surface area contributed by atoms with E-state index < -0.39 is 0 Å². The second-order valence-electron chi connectivity index (χ2n) is 19.1. The smallest absolute Gasteiger partial charge is 0.225 e. The molecule has 386 valence electrons. The number of fused-ring (bicyclic) bond motifs is 2. The fourth-order valence-electron chi connectivity index (χ4n) is 9.48. The fourth-order valence-corrected chi connectivity index (χ4v) is 9.48. The second-order valence-corrected chi connectivity index (χ2v) is 19.1. The highest BCUT2D eigenvalue weighted by molar-refractivity contribution is 5.91. The fraction of sp³-hybridized carbons (Fsp3) is 0.520. The maximum Gasteiger partial charge on any atom is 0.225 e. The molecule has 2 fully saturated rings.